The Labute approximate surface area is 171 Å². The van der Waals surface area contributed by atoms with E-state index in [0.717, 1.165) is 21.9 Å². The second kappa shape index (κ2) is 10.4. The van der Waals surface area contributed by atoms with Crippen LogP contribution >= 0.6 is 11.8 Å². The van der Waals surface area contributed by atoms with Crippen LogP contribution in [0.1, 0.15) is 31.2 Å². The van der Waals surface area contributed by atoms with E-state index in [1.54, 1.807) is 12.0 Å². The molecule has 0 unspecified atom stereocenters. The van der Waals surface area contributed by atoms with Crippen molar-refractivity contribution < 1.29 is 14.6 Å². The maximum absolute atomic E-state index is 12.9. The molecule has 0 aromatic heterocycles. The van der Waals surface area contributed by atoms with Crippen molar-refractivity contribution in [1.29, 1.82) is 0 Å². The number of urea groups is 1. The minimum absolute atomic E-state index is 0.0962. The third-order valence-corrected chi connectivity index (χ3v) is 6.35. The average Bonchev–Trinajstić information content (AvgIpc) is 3.22. The molecule has 6 heteroatoms. The normalized spacial score (nSPS) is 14.1. The first-order valence-electron chi connectivity index (χ1n) is 9.75. The number of rotatable bonds is 8. The van der Waals surface area contributed by atoms with Gasteiger partial charge in [0.1, 0.15) is 5.75 Å². The largest absolute Gasteiger partial charge is 0.496 e. The molecule has 1 aliphatic carbocycles. The number of aliphatic hydroxyl groups is 1. The average molecular weight is 401 g/mol. The van der Waals surface area contributed by atoms with Gasteiger partial charge in [0, 0.05) is 22.3 Å². The highest BCUT2D eigenvalue weighted by Gasteiger charge is 2.20. The number of carbonyl (C=O) groups is 1. The molecule has 1 saturated carbocycles. The summed E-state index contributed by atoms with van der Waals surface area (Å²) in [5.41, 5.74) is 1.73. The van der Waals surface area contributed by atoms with Crippen LogP contribution in [0.2, 0.25) is 0 Å². The van der Waals surface area contributed by atoms with E-state index in [-0.39, 0.29) is 19.2 Å². The first-order valence-corrected chi connectivity index (χ1v) is 10.6. The molecule has 0 bridgehead atoms. The lowest BCUT2D eigenvalue weighted by atomic mass is 10.2. The Bertz CT molecular complexity index is 778. The standard InChI is InChI=1S/C22H28N2O3S/c1-27-20-12-6-2-8-17(20)16-24(14-15-25)22(26)23-19-11-5-7-13-21(19)28-18-9-3-4-10-18/h2,5-8,11-13,18,25H,3-4,9-10,14-16H2,1H3,(H,23,26). The Kier molecular flexibility index (Phi) is 7.62. The van der Waals surface area contributed by atoms with Gasteiger partial charge in [-0.25, -0.2) is 4.79 Å². The monoisotopic (exact) mass is 400 g/mol. The minimum Gasteiger partial charge on any atom is -0.496 e. The molecule has 1 fully saturated rings. The number of benzene rings is 2. The van der Waals surface area contributed by atoms with Gasteiger partial charge in [0.05, 0.1) is 25.9 Å². The molecule has 0 aliphatic heterocycles. The fourth-order valence-corrected chi connectivity index (χ4v) is 4.80. The first-order chi connectivity index (χ1) is 13.7. The first kappa shape index (κ1) is 20.6. The number of thioether (sulfide) groups is 1. The fourth-order valence-electron chi connectivity index (χ4n) is 3.47. The van der Waals surface area contributed by atoms with Gasteiger partial charge in [-0.1, -0.05) is 43.2 Å². The summed E-state index contributed by atoms with van der Waals surface area (Å²) in [4.78, 5) is 15.7. The molecule has 2 amide bonds. The van der Waals surface area contributed by atoms with E-state index in [0.29, 0.717) is 11.8 Å². The second-order valence-electron chi connectivity index (χ2n) is 6.91. The molecule has 0 atom stereocenters. The number of para-hydroxylation sites is 2. The number of amides is 2. The highest BCUT2D eigenvalue weighted by molar-refractivity contribution is 8.00. The van der Waals surface area contributed by atoms with E-state index in [2.05, 4.69) is 11.4 Å². The number of hydrogen-bond acceptors (Lipinski definition) is 4. The maximum Gasteiger partial charge on any atom is 0.322 e. The van der Waals surface area contributed by atoms with E-state index >= 15 is 0 Å². The van der Waals surface area contributed by atoms with Gasteiger partial charge >= 0.3 is 6.03 Å². The molecular weight excluding hydrogens is 372 g/mol. The number of hydrogen-bond donors (Lipinski definition) is 2. The summed E-state index contributed by atoms with van der Waals surface area (Å²) in [6, 6.07) is 15.3. The van der Waals surface area contributed by atoms with Crippen LogP contribution in [0.3, 0.4) is 0 Å². The fraction of sp³-hybridized carbons (Fsp3) is 0.409. The maximum atomic E-state index is 12.9. The van der Waals surface area contributed by atoms with Gasteiger partial charge in [-0.15, -0.1) is 11.8 Å². The van der Waals surface area contributed by atoms with Crippen LogP contribution in [-0.2, 0) is 6.54 Å². The summed E-state index contributed by atoms with van der Waals surface area (Å²) < 4.78 is 5.39. The summed E-state index contributed by atoms with van der Waals surface area (Å²) in [7, 11) is 1.62. The quantitative estimate of drug-likeness (QED) is 0.671. The predicted octanol–water partition coefficient (Wildman–Crippen LogP) is 4.76. The van der Waals surface area contributed by atoms with Crippen molar-refractivity contribution in [1.82, 2.24) is 4.90 Å². The number of carbonyl (C=O) groups excluding carboxylic acids is 1. The summed E-state index contributed by atoms with van der Waals surface area (Å²) in [5, 5.41) is 13.1. The van der Waals surface area contributed by atoms with Crippen molar-refractivity contribution in [2.45, 2.75) is 42.4 Å². The van der Waals surface area contributed by atoms with Crippen LogP contribution in [0, 0.1) is 0 Å². The Morgan fingerprint density at radius 1 is 1.18 bits per heavy atom. The molecular formula is C22H28N2O3S. The van der Waals surface area contributed by atoms with Crippen LogP contribution in [-0.4, -0.2) is 41.5 Å². The summed E-state index contributed by atoms with van der Waals surface area (Å²) >= 11 is 1.85. The number of aliphatic hydroxyl groups excluding tert-OH is 1. The van der Waals surface area contributed by atoms with Gasteiger partial charge < -0.3 is 20.1 Å². The van der Waals surface area contributed by atoms with Crippen LogP contribution < -0.4 is 10.1 Å². The molecule has 3 rings (SSSR count). The molecule has 28 heavy (non-hydrogen) atoms. The lowest BCUT2D eigenvalue weighted by molar-refractivity contribution is 0.184. The van der Waals surface area contributed by atoms with Crippen molar-refractivity contribution >= 4 is 23.5 Å². The van der Waals surface area contributed by atoms with E-state index in [1.165, 1.54) is 25.7 Å². The Morgan fingerprint density at radius 2 is 1.89 bits per heavy atom. The van der Waals surface area contributed by atoms with Gasteiger partial charge in [0.15, 0.2) is 0 Å². The van der Waals surface area contributed by atoms with Crippen molar-refractivity contribution in [2.24, 2.45) is 0 Å². The van der Waals surface area contributed by atoms with Gasteiger partial charge in [-0.2, -0.15) is 0 Å². The minimum atomic E-state index is -0.223. The lowest BCUT2D eigenvalue weighted by Gasteiger charge is -2.24. The van der Waals surface area contributed by atoms with Crippen molar-refractivity contribution in [3.63, 3.8) is 0 Å². The zero-order chi connectivity index (χ0) is 19.8. The third kappa shape index (κ3) is 5.42. The zero-order valence-corrected chi connectivity index (χ0v) is 17.1. The number of nitrogens with one attached hydrogen (secondary N) is 1. The molecule has 2 N–H and O–H groups in total. The third-order valence-electron chi connectivity index (χ3n) is 4.94. The van der Waals surface area contributed by atoms with Crippen LogP contribution in [0.15, 0.2) is 53.4 Å². The number of ether oxygens (including phenoxy) is 1. The molecule has 2 aromatic carbocycles. The molecule has 1 aliphatic rings. The number of anilines is 1. The molecule has 0 spiro atoms. The van der Waals surface area contributed by atoms with E-state index in [1.807, 2.05) is 54.2 Å². The van der Waals surface area contributed by atoms with E-state index in [9.17, 15) is 9.90 Å². The predicted molar refractivity (Wildman–Crippen MR) is 114 cm³/mol. The molecule has 2 aromatic rings. The molecule has 0 saturated heterocycles. The van der Waals surface area contributed by atoms with Gasteiger partial charge in [0.2, 0.25) is 0 Å². The highest BCUT2D eigenvalue weighted by Crippen LogP contribution is 2.38. The second-order valence-corrected chi connectivity index (χ2v) is 8.25. The van der Waals surface area contributed by atoms with Gasteiger partial charge in [0.25, 0.3) is 0 Å². The van der Waals surface area contributed by atoms with Crippen molar-refractivity contribution in [3.8, 4) is 5.75 Å². The van der Waals surface area contributed by atoms with Gasteiger partial charge in [-0.05, 0) is 31.0 Å². The van der Waals surface area contributed by atoms with Crippen LogP contribution in [0.4, 0.5) is 10.5 Å². The SMILES string of the molecule is COc1ccccc1CN(CCO)C(=O)Nc1ccccc1SC1CCCC1. The van der Waals surface area contributed by atoms with Crippen molar-refractivity contribution in [3.05, 3.63) is 54.1 Å². The zero-order valence-electron chi connectivity index (χ0n) is 16.3. The topological polar surface area (TPSA) is 61.8 Å². The van der Waals surface area contributed by atoms with E-state index < -0.39 is 0 Å². The molecule has 0 radical (unpaired) electrons. The number of methoxy groups -OCH3 is 1. The summed E-state index contributed by atoms with van der Waals surface area (Å²) in [6.07, 6.45) is 5.04. The molecule has 150 valence electrons. The molecule has 5 nitrogen and oxygen atoms in total. The Balaban J connectivity index is 1.72. The molecule has 0 heterocycles. The van der Waals surface area contributed by atoms with E-state index in [4.69, 9.17) is 4.74 Å². The summed E-state index contributed by atoms with van der Waals surface area (Å²) in [6.45, 7) is 0.525. The summed E-state index contributed by atoms with van der Waals surface area (Å²) in [5.74, 6) is 0.732. The van der Waals surface area contributed by atoms with Gasteiger partial charge in [-0.3, -0.25) is 0 Å². The number of nitrogens with zero attached hydrogens (tertiary/aromatic N) is 1. The smallest absolute Gasteiger partial charge is 0.322 e. The lowest BCUT2D eigenvalue weighted by Crippen LogP contribution is -2.36. The van der Waals surface area contributed by atoms with Crippen LogP contribution in [0.25, 0.3) is 0 Å². The van der Waals surface area contributed by atoms with Crippen molar-refractivity contribution in [2.75, 3.05) is 25.6 Å². The Morgan fingerprint density at radius 3 is 2.64 bits per heavy atom. The highest BCUT2D eigenvalue weighted by atomic mass is 32.2. The Hall–Kier alpha value is -2.18. The van der Waals surface area contributed by atoms with Crippen LogP contribution in [0.5, 0.6) is 5.75 Å².